The summed E-state index contributed by atoms with van der Waals surface area (Å²) in [5.41, 5.74) is 1.88. The molecule has 6 nitrogen and oxygen atoms in total. The van der Waals surface area contributed by atoms with E-state index in [1.54, 1.807) is 0 Å². The molecule has 7 heteroatoms. The summed E-state index contributed by atoms with van der Waals surface area (Å²) in [6.07, 6.45) is 2.15. The summed E-state index contributed by atoms with van der Waals surface area (Å²) in [6.45, 7) is 6.74. The molecule has 2 saturated heterocycles. The molecular formula is C19H29N3O3S. The Morgan fingerprint density at radius 3 is 2.62 bits per heavy atom. The molecule has 0 saturated carbocycles. The van der Waals surface area contributed by atoms with Crippen LogP contribution in [0, 0.1) is 5.41 Å². The predicted molar refractivity (Wildman–Crippen MR) is 103 cm³/mol. The summed E-state index contributed by atoms with van der Waals surface area (Å²) >= 11 is 0. The zero-order valence-corrected chi connectivity index (χ0v) is 16.3. The fraction of sp³-hybridized carbons (Fsp3) is 0.632. The van der Waals surface area contributed by atoms with Gasteiger partial charge in [0.25, 0.3) is 5.91 Å². The summed E-state index contributed by atoms with van der Waals surface area (Å²) in [5.74, 6) is 0.411. The molecule has 2 aliphatic heterocycles. The van der Waals surface area contributed by atoms with Crippen LogP contribution in [0.15, 0.2) is 24.3 Å². The Labute approximate surface area is 156 Å². The van der Waals surface area contributed by atoms with Gasteiger partial charge in [-0.25, -0.2) is 8.42 Å². The lowest BCUT2D eigenvalue weighted by Gasteiger charge is -2.34. The number of rotatable bonds is 5. The number of piperidine rings is 1. The maximum Gasteiger partial charge on any atom is 0.251 e. The zero-order chi connectivity index (χ0) is 18.6. The van der Waals surface area contributed by atoms with E-state index in [9.17, 15) is 13.2 Å². The molecule has 1 aromatic rings. The summed E-state index contributed by atoms with van der Waals surface area (Å²) in [5, 5.41) is 6.45. The Balaban J connectivity index is 1.55. The molecule has 2 fully saturated rings. The molecule has 0 radical (unpaired) electrons. The molecule has 2 aliphatic rings. The SMILES string of the molecule is CC1(CNC(=O)c2cccc(CN3CCS(=O)(=O)CC3)c2)CCNCC1. The average Bonchev–Trinajstić information content (AvgIpc) is 2.62. The highest BCUT2D eigenvalue weighted by molar-refractivity contribution is 7.91. The van der Waals surface area contributed by atoms with E-state index in [2.05, 4.69) is 22.5 Å². The minimum atomic E-state index is -2.86. The van der Waals surface area contributed by atoms with Crippen LogP contribution in [-0.4, -0.2) is 63.5 Å². The van der Waals surface area contributed by atoms with Crippen molar-refractivity contribution in [1.82, 2.24) is 15.5 Å². The van der Waals surface area contributed by atoms with Crippen molar-refractivity contribution in [2.45, 2.75) is 26.3 Å². The van der Waals surface area contributed by atoms with Gasteiger partial charge in [0.2, 0.25) is 0 Å². The third kappa shape index (κ3) is 5.28. The van der Waals surface area contributed by atoms with Crippen LogP contribution in [-0.2, 0) is 16.4 Å². The van der Waals surface area contributed by atoms with E-state index in [0.717, 1.165) is 31.5 Å². The second-order valence-corrected chi connectivity index (χ2v) is 10.2. The number of hydrogen-bond donors (Lipinski definition) is 2. The van der Waals surface area contributed by atoms with Gasteiger partial charge in [0.05, 0.1) is 11.5 Å². The molecule has 0 bridgehead atoms. The van der Waals surface area contributed by atoms with Crippen molar-refractivity contribution >= 4 is 15.7 Å². The Bertz CT molecular complexity index is 728. The largest absolute Gasteiger partial charge is 0.351 e. The molecule has 1 amide bonds. The van der Waals surface area contributed by atoms with Gasteiger partial charge in [-0.05, 0) is 49.0 Å². The molecule has 2 heterocycles. The summed E-state index contributed by atoms with van der Waals surface area (Å²) in [7, 11) is -2.86. The molecule has 0 spiro atoms. The average molecular weight is 380 g/mol. The van der Waals surface area contributed by atoms with E-state index >= 15 is 0 Å². The normalized spacial score (nSPS) is 22.7. The van der Waals surface area contributed by atoms with Crippen LogP contribution in [0.4, 0.5) is 0 Å². The van der Waals surface area contributed by atoms with E-state index in [4.69, 9.17) is 0 Å². The van der Waals surface area contributed by atoms with Gasteiger partial charge < -0.3 is 10.6 Å². The van der Waals surface area contributed by atoms with Gasteiger partial charge in [0.15, 0.2) is 9.84 Å². The van der Waals surface area contributed by atoms with Crippen LogP contribution in [0.1, 0.15) is 35.7 Å². The molecule has 1 aromatic carbocycles. The Hall–Kier alpha value is -1.44. The van der Waals surface area contributed by atoms with E-state index < -0.39 is 9.84 Å². The van der Waals surface area contributed by atoms with Gasteiger partial charge in [0.1, 0.15) is 0 Å². The first-order chi connectivity index (χ1) is 12.4. The molecule has 0 atom stereocenters. The number of nitrogens with one attached hydrogen (secondary N) is 2. The quantitative estimate of drug-likeness (QED) is 0.799. The van der Waals surface area contributed by atoms with Crippen LogP contribution in [0.5, 0.6) is 0 Å². The highest BCUT2D eigenvalue weighted by Crippen LogP contribution is 2.26. The summed E-state index contributed by atoms with van der Waals surface area (Å²) < 4.78 is 23.1. The van der Waals surface area contributed by atoms with Crippen molar-refractivity contribution in [2.24, 2.45) is 5.41 Å². The summed E-state index contributed by atoms with van der Waals surface area (Å²) in [4.78, 5) is 14.7. The molecule has 2 N–H and O–H groups in total. The molecular weight excluding hydrogens is 350 g/mol. The number of carbonyl (C=O) groups excluding carboxylic acids is 1. The Morgan fingerprint density at radius 2 is 1.92 bits per heavy atom. The molecule has 0 unspecified atom stereocenters. The molecule has 0 aromatic heterocycles. The number of nitrogens with zero attached hydrogens (tertiary/aromatic N) is 1. The van der Waals surface area contributed by atoms with E-state index in [1.807, 2.05) is 24.3 Å². The highest BCUT2D eigenvalue weighted by atomic mass is 32.2. The lowest BCUT2D eigenvalue weighted by atomic mass is 9.81. The fourth-order valence-corrected chi connectivity index (χ4v) is 4.86. The van der Waals surface area contributed by atoms with Gasteiger partial charge in [-0.2, -0.15) is 0 Å². The van der Waals surface area contributed by atoms with Crippen molar-refractivity contribution in [3.05, 3.63) is 35.4 Å². The maximum atomic E-state index is 12.5. The zero-order valence-electron chi connectivity index (χ0n) is 15.5. The number of sulfone groups is 1. The minimum absolute atomic E-state index is 0.0344. The van der Waals surface area contributed by atoms with Crippen LogP contribution in [0.3, 0.4) is 0 Å². The van der Waals surface area contributed by atoms with Crippen molar-refractivity contribution in [3.63, 3.8) is 0 Å². The number of carbonyl (C=O) groups is 1. The molecule has 26 heavy (non-hydrogen) atoms. The lowest BCUT2D eigenvalue weighted by Crippen LogP contribution is -2.43. The van der Waals surface area contributed by atoms with Crippen molar-refractivity contribution in [1.29, 1.82) is 0 Å². The Kier molecular flexibility index (Phi) is 5.99. The fourth-order valence-electron chi connectivity index (χ4n) is 3.58. The lowest BCUT2D eigenvalue weighted by molar-refractivity contribution is 0.0922. The Morgan fingerprint density at radius 1 is 1.23 bits per heavy atom. The topological polar surface area (TPSA) is 78.5 Å². The van der Waals surface area contributed by atoms with Gasteiger partial charge >= 0.3 is 0 Å². The van der Waals surface area contributed by atoms with Crippen LogP contribution >= 0.6 is 0 Å². The summed E-state index contributed by atoms with van der Waals surface area (Å²) in [6, 6.07) is 7.65. The number of benzene rings is 1. The van der Waals surface area contributed by atoms with Gasteiger partial charge in [-0.3, -0.25) is 9.69 Å². The monoisotopic (exact) mass is 379 g/mol. The van der Waals surface area contributed by atoms with Gasteiger partial charge in [0, 0.05) is 31.7 Å². The third-order valence-electron chi connectivity index (χ3n) is 5.52. The maximum absolute atomic E-state index is 12.5. The van der Waals surface area contributed by atoms with Crippen LogP contribution in [0.25, 0.3) is 0 Å². The first-order valence-electron chi connectivity index (χ1n) is 9.36. The van der Waals surface area contributed by atoms with Gasteiger partial charge in [-0.1, -0.05) is 19.1 Å². The molecule has 144 valence electrons. The smallest absolute Gasteiger partial charge is 0.251 e. The molecule has 3 rings (SSSR count). The van der Waals surface area contributed by atoms with Crippen molar-refractivity contribution in [3.8, 4) is 0 Å². The first kappa shape index (κ1) is 19.3. The first-order valence-corrected chi connectivity index (χ1v) is 11.2. The number of hydrogen-bond acceptors (Lipinski definition) is 5. The van der Waals surface area contributed by atoms with Crippen molar-refractivity contribution < 1.29 is 13.2 Å². The standard InChI is InChI=1S/C19H29N3O3S/c1-19(5-7-20-8-6-19)15-21-18(23)17-4-2-3-16(13-17)14-22-9-11-26(24,25)12-10-22/h2-4,13,20H,5-12,14-15H2,1H3,(H,21,23). The second-order valence-electron chi connectivity index (χ2n) is 7.87. The van der Waals surface area contributed by atoms with Crippen LogP contribution < -0.4 is 10.6 Å². The van der Waals surface area contributed by atoms with Crippen molar-refractivity contribution in [2.75, 3.05) is 44.2 Å². The van der Waals surface area contributed by atoms with E-state index in [0.29, 0.717) is 31.7 Å². The highest BCUT2D eigenvalue weighted by Gasteiger charge is 2.27. The third-order valence-corrected chi connectivity index (χ3v) is 7.13. The van der Waals surface area contributed by atoms with E-state index in [-0.39, 0.29) is 22.8 Å². The molecule has 0 aliphatic carbocycles. The van der Waals surface area contributed by atoms with E-state index in [1.165, 1.54) is 0 Å². The van der Waals surface area contributed by atoms with Crippen LogP contribution in [0.2, 0.25) is 0 Å². The second kappa shape index (κ2) is 8.06. The number of amides is 1. The van der Waals surface area contributed by atoms with Gasteiger partial charge in [-0.15, -0.1) is 0 Å². The predicted octanol–water partition coefficient (Wildman–Crippen LogP) is 1.04. The minimum Gasteiger partial charge on any atom is -0.351 e.